The summed E-state index contributed by atoms with van der Waals surface area (Å²) in [7, 11) is 1.57. The Kier molecular flexibility index (Phi) is 3.19. The van der Waals surface area contributed by atoms with Crippen LogP contribution in [0.4, 0.5) is 5.69 Å². The smallest absolute Gasteiger partial charge is 0.261 e. The van der Waals surface area contributed by atoms with Crippen molar-refractivity contribution in [3.8, 4) is 17.9 Å². The monoisotopic (exact) mass is 307 g/mol. The Labute approximate surface area is 135 Å². The molecule has 2 aliphatic rings. The second kappa shape index (κ2) is 4.86. The van der Waals surface area contributed by atoms with Crippen LogP contribution in [-0.2, 0) is 4.79 Å². The number of anilines is 1. The first-order valence-electron chi connectivity index (χ1n) is 7.47. The van der Waals surface area contributed by atoms with Gasteiger partial charge in [-0.15, -0.1) is 0 Å². The van der Waals surface area contributed by atoms with Gasteiger partial charge in [0.1, 0.15) is 23.5 Å². The van der Waals surface area contributed by atoms with Gasteiger partial charge in [0.25, 0.3) is 5.91 Å². The molecule has 0 bridgehead atoms. The molecule has 1 atom stereocenters. The number of amides is 1. The van der Waals surface area contributed by atoms with Gasteiger partial charge in [-0.25, -0.2) is 0 Å². The fourth-order valence-corrected chi connectivity index (χ4v) is 3.80. The molecule has 0 saturated heterocycles. The van der Waals surface area contributed by atoms with E-state index in [2.05, 4.69) is 6.92 Å². The zero-order valence-corrected chi connectivity index (χ0v) is 13.6. The summed E-state index contributed by atoms with van der Waals surface area (Å²) >= 11 is 0. The molecule has 0 saturated carbocycles. The van der Waals surface area contributed by atoms with E-state index in [-0.39, 0.29) is 28.5 Å². The molecule has 0 aliphatic carbocycles. The van der Waals surface area contributed by atoms with E-state index < -0.39 is 0 Å². The first-order valence-corrected chi connectivity index (χ1v) is 7.47. The molecular formula is C18H17N3O2. The Balaban J connectivity index is 2.43. The lowest BCUT2D eigenvalue weighted by atomic mass is 9.80. The van der Waals surface area contributed by atoms with Crippen molar-refractivity contribution in [2.24, 2.45) is 0 Å². The molecule has 5 heteroatoms. The van der Waals surface area contributed by atoms with Crippen LogP contribution >= 0.6 is 0 Å². The molecule has 0 spiro atoms. The number of nitriles is 2. The molecule has 23 heavy (non-hydrogen) atoms. The Hall–Kier alpha value is -2.79. The van der Waals surface area contributed by atoms with Gasteiger partial charge in [-0.2, -0.15) is 10.5 Å². The Morgan fingerprint density at radius 2 is 2.00 bits per heavy atom. The normalized spacial score (nSPS) is 20.6. The summed E-state index contributed by atoms with van der Waals surface area (Å²) in [4.78, 5) is 14.7. The Bertz CT molecular complexity index is 821. The molecule has 0 radical (unpaired) electrons. The van der Waals surface area contributed by atoms with Crippen molar-refractivity contribution in [3.05, 3.63) is 28.8 Å². The number of hydrogen-bond donors (Lipinski definition) is 0. The quantitative estimate of drug-likeness (QED) is 0.590. The highest BCUT2D eigenvalue weighted by Gasteiger charge is 2.48. The third kappa shape index (κ3) is 1.94. The average Bonchev–Trinajstić information content (AvgIpc) is 2.80. The van der Waals surface area contributed by atoms with Crippen LogP contribution in [-0.4, -0.2) is 18.6 Å². The first-order chi connectivity index (χ1) is 10.9. The summed E-state index contributed by atoms with van der Waals surface area (Å²) in [5.74, 6) is 0.613. The molecule has 3 rings (SSSR count). The number of carbonyl (C=O) groups excluding carboxylic acids is 1. The minimum absolute atomic E-state index is 0.150. The molecule has 5 nitrogen and oxygen atoms in total. The van der Waals surface area contributed by atoms with Gasteiger partial charge >= 0.3 is 0 Å². The van der Waals surface area contributed by atoms with Crippen LogP contribution < -0.4 is 9.64 Å². The van der Waals surface area contributed by atoms with Crippen molar-refractivity contribution in [1.82, 2.24) is 0 Å². The van der Waals surface area contributed by atoms with Crippen molar-refractivity contribution in [3.63, 3.8) is 0 Å². The van der Waals surface area contributed by atoms with Crippen molar-refractivity contribution in [2.45, 2.75) is 38.6 Å². The molecule has 2 aliphatic heterocycles. The number of hydrogen-bond acceptors (Lipinski definition) is 4. The van der Waals surface area contributed by atoms with Gasteiger partial charge in [0.05, 0.1) is 18.4 Å². The SMILES string of the molecule is COc1cc2c3c(c1)[C@@H](C)CC(C)(C)N3C(=O)C2=C(C#N)C#N. The van der Waals surface area contributed by atoms with Gasteiger partial charge in [-0.3, -0.25) is 4.79 Å². The van der Waals surface area contributed by atoms with E-state index in [0.717, 1.165) is 17.7 Å². The second-order valence-corrected chi connectivity index (χ2v) is 6.64. The van der Waals surface area contributed by atoms with Crippen LogP contribution in [0.25, 0.3) is 5.57 Å². The lowest BCUT2D eigenvalue weighted by molar-refractivity contribution is -0.114. The number of benzene rings is 1. The summed E-state index contributed by atoms with van der Waals surface area (Å²) < 4.78 is 5.35. The highest BCUT2D eigenvalue weighted by molar-refractivity contribution is 6.35. The van der Waals surface area contributed by atoms with Crippen LogP contribution in [0, 0.1) is 22.7 Å². The second-order valence-electron chi connectivity index (χ2n) is 6.64. The van der Waals surface area contributed by atoms with Gasteiger partial charge < -0.3 is 9.64 Å². The van der Waals surface area contributed by atoms with Crippen LogP contribution in [0.2, 0.25) is 0 Å². The van der Waals surface area contributed by atoms with Gasteiger partial charge in [-0.1, -0.05) is 6.92 Å². The number of carbonyl (C=O) groups is 1. The van der Waals surface area contributed by atoms with E-state index in [1.54, 1.807) is 18.1 Å². The lowest BCUT2D eigenvalue weighted by Crippen LogP contribution is -2.49. The molecule has 0 aromatic heterocycles. The zero-order valence-electron chi connectivity index (χ0n) is 13.6. The van der Waals surface area contributed by atoms with E-state index in [0.29, 0.717) is 11.3 Å². The standard InChI is InChI=1S/C18H17N3O2/c1-10-7-18(2,3)21-16-13(10)5-12(23-4)6-14(16)15(17(21)22)11(8-19)9-20/h5-6,10H,7H2,1-4H3/t10-/m0/s1. The number of ether oxygens (including phenoxy) is 1. The maximum atomic E-state index is 13.0. The molecule has 0 fully saturated rings. The average molecular weight is 307 g/mol. The molecule has 1 amide bonds. The number of nitrogens with zero attached hydrogens (tertiary/aromatic N) is 3. The lowest BCUT2D eigenvalue weighted by Gasteiger charge is -2.43. The molecule has 116 valence electrons. The number of methoxy groups -OCH3 is 1. The molecular weight excluding hydrogens is 290 g/mol. The third-order valence-electron chi connectivity index (χ3n) is 4.67. The van der Waals surface area contributed by atoms with Gasteiger partial charge in [0.15, 0.2) is 0 Å². The minimum Gasteiger partial charge on any atom is -0.497 e. The largest absolute Gasteiger partial charge is 0.497 e. The zero-order chi connectivity index (χ0) is 16.9. The van der Waals surface area contributed by atoms with Gasteiger partial charge in [0, 0.05) is 11.1 Å². The molecule has 0 N–H and O–H groups in total. The van der Waals surface area contributed by atoms with Crippen molar-refractivity contribution in [1.29, 1.82) is 10.5 Å². The van der Waals surface area contributed by atoms with E-state index in [9.17, 15) is 15.3 Å². The van der Waals surface area contributed by atoms with Gasteiger partial charge in [0.2, 0.25) is 0 Å². The Morgan fingerprint density at radius 3 is 2.57 bits per heavy atom. The summed E-state index contributed by atoms with van der Waals surface area (Å²) in [5.41, 5.74) is 2.14. The third-order valence-corrected chi connectivity index (χ3v) is 4.67. The van der Waals surface area contributed by atoms with Crippen LogP contribution in [0.5, 0.6) is 5.75 Å². The first kappa shape index (κ1) is 15.1. The summed E-state index contributed by atoms with van der Waals surface area (Å²) in [6, 6.07) is 7.40. The molecule has 2 heterocycles. The van der Waals surface area contributed by atoms with E-state index in [4.69, 9.17) is 4.74 Å². The highest BCUT2D eigenvalue weighted by atomic mass is 16.5. The van der Waals surface area contributed by atoms with Crippen LogP contribution in [0.15, 0.2) is 17.7 Å². The van der Waals surface area contributed by atoms with E-state index in [1.165, 1.54) is 0 Å². The van der Waals surface area contributed by atoms with Crippen LogP contribution in [0.1, 0.15) is 44.2 Å². The minimum atomic E-state index is -0.370. The molecule has 1 aromatic rings. The topological polar surface area (TPSA) is 77.1 Å². The highest BCUT2D eigenvalue weighted by Crippen LogP contribution is 2.53. The summed E-state index contributed by atoms with van der Waals surface area (Å²) in [6.45, 7) is 6.15. The van der Waals surface area contributed by atoms with Crippen molar-refractivity contribution in [2.75, 3.05) is 12.0 Å². The fourth-order valence-electron chi connectivity index (χ4n) is 3.80. The summed E-state index contributed by atoms with van der Waals surface area (Å²) in [5, 5.41) is 18.5. The number of allylic oxidation sites excluding steroid dienone is 1. The maximum Gasteiger partial charge on any atom is 0.261 e. The molecule has 0 unspecified atom stereocenters. The predicted octanol–water partition coefficient (Wildman–Crippen LogP) is 3.13. The molecule has 1 aromatic carbocycles. The van der Waals surface area contributed by atoms with E-state index >= 15 is 0 Å². The Morgan fingerprint density at radius 1 is 1.35 bits per heavy atom. The number of rotatable bonds is 1. The van der Waals surface area contributed by atoms with Crippen molar-refractivity contribution >= 4 is 17.2 Å². The summed E-state index contributed by atoms with van der Waals surface area (Å²) in [6.07, 6.45) is 0.806. The predicted molar refractivity (Wildman–Crippen MR) is 85.7 cm³/mol. The van der Waals surface area contributed by atoms with E-state index in [1.807, 2.05) is 32.1 Å². The van der Waals surface area contributed by atoms with Crippen molar-refractivity contribution < 1.29 is 9.53 Å². The maximum absolute atomic E-state index is 13.0. The van der Waals surface area contributed by atoms with Crippen LogP contribution in [0.3, 0.4) is 0 Å². The fraction of sp³-hybridized carbons (Fsp3) is 0.389. The van der Waals surface area contributed by atoms with Gasteiger partial charge in [-0.05, 0) is 43.9 Å².